The quantitative estimate of drug-likeness (QED) is 0.0146. The van der Waals surface area contributed by atoms with E-state index in [9.17, 15) is 53.1 Å². The van der Waals surface area contributed by atoms with E-state index in [1.165, 1.54) is 24.1 Å². The van der Waals surface area contributed by atoms with Crippen molar-refractivity contribution >= 4 is 64.9 Å². The molecular formula is C50H83N13O11. The van der Waals surface area contributed by atoms with E-state index in [2.05, 4.69) is 52.5 Å². The fourth-order valence-corrected chi connectivity index (χ4v) is 8.19. The summed E-state index contributed by atoms with van der Waals surface area (Å²) in [6.45, 7) is 18.6. The monoisotopic (exact) mass is 1040 g/mol. The van der Waals surface area contributed by atoms with Crippen molar-refractivity contribution in [2.24, 2.45) is 34.2 Å². The summed E-state index contributed by atoms with van der Waals surface area (Å²) in [6.07, 6.45) is 2.35. The van der Waals surface area contributed by atoms with Crippen LogP contribution < -0.4 is 54.0 Å². The first-order valence-electron chi connectivity index (χ1n) is 25.7. The molecule has 1 aromatic heterocycles. The highest BCUT2D eigenvalue weighted by molar-refractivity contribution is 6.15. The molecule has 11 atom stereocenters. The number of Topliss-reactive ketones (excluding diaryl/α,β-unsaturated/α-hetero) is 1. The minimum absolute atomic E-state index is 0.0411. The molecule has 1 fully saturated rings. The van der Waals surface area contributed by atoms with Gasteiger partial charge in [0.05, 0.1) is 6.10 Å². The van der Waals surface area contributed by atoms with Gasteiger partial charge in [0.2, 0.25) is 47.3 Å². The number of aliphatic hydroxyl groups excluding tert-OH is 1. The van der Waals surface area contributed by atoms with Gasteiger partial charge in [0.25, 0.3) is 5.91 Å². The number of hydrogen-bond donors (Lipinski definition) is 11. The van der Waals surface area contributed by atoms with E-state index in [1.807, 2.05) is 6.92 Å². The van der Waals surface area contributed by atoms with Crippen LogP contribution in [-0.2, 0) is 43.2 Å². The minimum atomic E-state index is -1.72. The predicted octanol–water partition coefficient (Wildman–Crippen LogP) is -0.904. The van der Waals surface area contributed by atoms with Gasteiger partial charge in [-0.3, -0.25) is 57.9 Å². The van der Waals surface area contributed by atoms with Gasteiger partial charge >= 0.3 is 0 Å². The summed E-state index contributed by atoms with van der Waals surface area (Å²) >= 11 is 0. The third-order valence-corrected chi connectivity index (χ3v) is 12.9. The summed E-state index contributed by atoms with van der Waals surface area (Å²) in [5.74, 6) is -9.14. The predicted molar refractivity (Wildman–Crippen MR) is 276 cm³/mol. The summed E-state index contributed by atoms with van der Waals surface area (Å²) in [6, 6.07) is -7.35. The summed E-state index contributed by atoms with van der Waals surface area (Å²) in [4.78, 5) is 146. The number of hydrogen-bond acceptors (Lipinski definition) is 13. The average molecular weight is 1040 g/mol. The molecule has 0 bridgehead atoms. The molecule has 24 nitrogen and oxygen atoms in total. The van der Waals surface area contributed by atoms with Crippen LogP contribution in [0.3, 0.4) is 0 Å². The number of likely N-dealkylation sites (N-methyl/N-ethyl adjacent to an activating group) is 1. The molecule has 1 aliphatic heterocycles. The lowest BCUT2D eigenvalue weighted by molar-refractivity contribution is -0.142. The molecule has 0 radical (unpaired) electrons. The van der Waals surface area contributed by atoms with Crippen molar-refractivity contribution in [1.29, 1.82) is 0 Å². The van der Waals surface area contributed by atoms with Crippen LogP contribution in [0.4, 0.5) is 0 Å². The zero-order valence-electron chi connectivity index (χ0n) is 45.0. The van der Waals surface area contributed by atoms with Crippen LogP contribution in [-0.4, -0.2) is 154 Å². The maximum atomic E-state index is 14.2. The normalized spacial score (nSPS) is 17.3. The molecule has 1 unspecified atom stereocenters. The smallest absolute Gasteiger partial charge is 0.251 e. The lowest BCUT2D eigenvalue weighted by atomic mass is 9.95. The molecule has 2 rings (SSSR count). The Kier molecular flexibility index (Phi) is 26.7. The number of nitrogens with one attached hydrogen (secondary N) is 8. The van der Waals surface area contributed by atoms with Crippen LogP contribution in [0.15, 0.2) is 23.3 Å². The number of carbonyl (C=O) groups excluding carboxylic acids is 10. The molecule has 74 heavy (non-hydrogen) atoms. The molecule has 24 heteroatoms. The van der Waals surface area contributed by atoms with E-state index in [1.54, 1.807) is 61.5 Å². The van der Waals surface area contributed by atoms with Gasteiger partial charge in [-0.25, -0.2) is 0 Å². The summed E-state index contributed by atoms with van der Waals surface area (Å²) in [5, 5.41) is 31.9. The Morgan fingerprint density at radius 1 is 0.716 bits per heavy atom. The molecule has 0 aliphatic carbocycles. The highest BCUT2D eigenvalue weighted by Gasteiger charge is 2.41. The molecule has 13 N–H and O–H groups in total. The van der Waals surface area contributed by atoms with Gasteiger partial charge in [-0.1, -0.05) is 67.7 Å². The third kappa shape index (κ3) is 19.3. The maximum Gasteiger partial charge on any atom is 0.251 e. The number of carbonyl (C=O) groups is 10. The van der Waals surface area contributed by atoms with Gasteiger partial charge in [0, 0.05) is 44.0 Å². The fraction of sp³-hybridized carbons (Fsp3) is 0.680. The van der Waals surface area contributed by atoms with Crippen molar-refractivity contribution < 1.29 is 53.1 Å². The van der Waals surface area contributed by atoms with Gasteiger partial charge in [-0.15, -0.1) is 0 Å². The molecule has 9 amide bonds. The highest BCUT2D eigenvalue weighted by Crippen LogP contribution is 2.21. The average Bonchev–Trinajstić information content (AvgIpc) is 3.85. The van der Waals surface area contributed by atoms with Crippen LogP contribution in [0.2, 0.25) is 0 Å². The number of likely N-dealkylation sites (tertiary alicyclic amines) is 1. The standard InChI is InChI=1S/C50H83N13O11/c1-12-18-33(42(67)60-37(27(7)13-2)45(70)58-34(19-16-23-54-50(51)52)49(74)63-24-17-20-35(63)43(68)53-15-4)57-47(72)39(30(10)64)62-46(71)38(28(8)14-3)61-44(69)36(26(5)6)59-48(73)40(56-31(11)65)41(66)32-22-21-29(9)55-25-32/h21-22,25-28,30,33-40,64H,12-20,23-24H2,1-11H3,(H,53,68)(H,56,65)(H,57,72)(H,58,70)(H,59,73)(H,60,67)(H,61,69)(H,62,71)(H4,51,52,54)/t27-,28-,30+,33-,34-,35-,36-,37-,38+,39-,40?/m0/s1. The SMILES string of the molecule is CCC[C@H](NC(=O)[C@@H](NC(=O)[C@H](NC(=O)[C@@H](NC(=O)C(NC(C)=O)C(=O)c1ccc(C)nc1)C(C)C)[C@@H](C)CC)[C@@H](C)O)C(=O)N[C@H](C(=O)N[C@@H](CCCN=C(N)N)C(=O)N1CCC[C@H]1C(=O)NCC)[C@@H](C)CC. The van der Waals surface area contributed by atoms with Gasteiger partial charge in [0.15, 0.2) is 17.8 Å². The number of ketones is 1. The number of aliphatic imine (C=N–C) groups is 1. The van der Waals surface area contributed by atoms with E-state index in [0.717, 1.165) is 6.92 Å². The Balaban J connectivity index is 2.35. The first kappa shape index (κ1) is 63.4. The van der Waals surface area contributed by atoms with Crippen LogP contribution in [0.5, 0.6) is 0 Å². The summed E-state index contributed by atoms with van der Waals surface area (Å²) < 4.78 is 0. The second-order valence-electron chi connectivity index (χ2n) is 19.3. The lowest BCUT2D eigenvalue weighted by Gasteiger charge is -2.32. The zero-order valence-corrected chi connectivity index (χ0v) is 45.0. The van der Waals surface area contributed by atoms with Gasteiger partial charge in [0.1, 0.15) is 42.3 Å². The van der Waals surface area contributed by atoms with E-state index >= 15 is 0 Å². The molecule has 1 aliphatic rings. The number of pyridine rings is 1. The Bertz CT molecular complexity index is 2130. The van der Waals surface area contributed by atoms with Crippen LogP contribution in [0.25, 0.3) is 0 Å². The van der Waals surface area contributed by atoms with Crippen molar-refractivity contribution in [2.75, 3.05) is 19.6 Å². The van der Waals surface area contributed by atoms with Crippen LogP contribution in [0.1, 0.15) is 137 Å². The molecule has 1 aromatic rings. The van der Waals surface area contributed by atoms with Crippen LogP contribution >= 0.6 is 0 Å². The Morgan fingerprint density at radius 3 is 1.77 bits per heavy atom. The maximum absolute atomic E-state index is 14.2. The molecule has 1 saturated heterocycles. The number of aryl methyl sites for hydroxylation is 1. The Labute approximate surface area is 434 Å². The largest absolute Gasteiger partial charge is 0.391 e. The van der Waals surface area contributed by atoms with E-state index in [-0.39, 0.29) is 36.8 Å². The first-order chi connectivity index (χ1) is 34.8. The summed E-state index contributed by atoms with van der Waals surface area (Å²) in [7, 11) is 0. The molecular weight excluding hydrogens is 959 g/mol. The second-order valence-corrected chi connectivity index (χ2v) is 19.3. The topological polar surface area (TPSA) is 368 Å². The van der Waals surface area contributed by atoms with Crippen molar-refractivity contribution in [2.45, 2.75) is 182 Å². The fourth-order valence-electron chi connectivity index (χ4n) is 8.19. The van der Waals surface area contributed by atoms with E-state index < -0.39 is 125 Å². The van der Waals surface area contributed by atoms with Crippen molar-refractivity contribution in [3.05, 3.63) is 29.6 Å². The summed E-state index contributed by atoms with van der Waals surface area (Å²) in [5.41, 5.74) is 11.7. The molecule has 414 valence electrons. The number of nitrogens with zero attached hydrogens (tertiary/aromatic N) is 3. The Morgan fingerprint density at radius 2 is 1.26 bits per heavy atom. The van der Waals surface area contributed by atoms with E-state index in [0.29, 0.717) is 57.3 Å². The third-order valence-electron chi connectivity index (χ3n) is 12.9. The lowest BCUT2D eigenvalue weighted by Crippen LogP contribution is -2.63. The molecule has 2 heterocycles. The number of nitrogens with two attached hydrogens (primary N) is 2. The van der Waals surface area contributed by atoms with Crippen molar-refractivity contribution in [3.63, 3.8) is 0 Å². The number of aromatic nitrogens is 1. The van der Waals surface area contributed by atoms with E-state index in [4.69, 9.17) is 11.5 Å². The number of rotatable bonds is 30. The Hall–Kier alpha value is -6.72. The molecule has 0 saturated carbocycles. The molecule has 0 spiro atoms. The van der Waals surface area contributed by atoms with Gasteiger partial charge in [-0.2, -0.15) is 0 Å². The van der Waals surface area contributed by atoms with Crippen molar-refractivity contribution in [3.8, 4) is 0 Å². The van der Waals surface area contributed by atoms with Gasteiger partial charge in [-0.05, 0) is 82.8 Å². The highest BCUT2D eigenvalue weighted by atomic mass is 16.3. The minimum Gasteiger partial charge on any atom is -0.391 e. The zero-order chi connectivity index (χ0) is 56.0. The van der Waals surface area contributed by atoms with Crippen molar-refractivity contribution in [1.82, 2.24) is 52.4 Å². The number of amides is 9. The van der Waals surface area contributed by atoms with Gasteiger partial charge < -0.3 is 64.0 Å². The number of aliphatic hydroxyl groups is 1. The second kappa shape index (κ2) is 31.1. The number of guanidine groups is 1. The molecule has 0 aromatic carbocycles. The first-order valence-corrected chi connectivity index (χ1v) is 25.7. The van der Waals surface area contributed by atoms with Crippen LogP contribution in [0, 0.1) is 24.7 Å².